The molecule has 6 nitrogen and oxygen atoms in total. The second-order valence-corrected chi connectivity index (χ2v) is 6.14. The van der Waals surface area contributed by atoms with E-state index in [0.717, 1.165) is 37.3 Å². The highest BCUT2D eigenvalue weighted by atomic mass is 19.1. The van der Waals surface area contributed by atoms with Gasteiger partial charge in [-0.25, -0.2) is 4.39 Å². The molecule has 0 aliphatic carbocycles. The van der Waals surface area contributed by atoms with Gasteiger partial charge in [-0.3, -0.25) is 4.90 Å². The van der Waals surface area contributed by atoms with Crippen molar-refractivity contribution in [1.82, 2.24) is 20.4 Å². The summed E-state index contributed by atoms with van der Waals surface area (Å²) in [6, 6.07) is 4.95. The first-order valence-corrected chi connectivity index (χ1v) is 8.21. The Morgan fingerprint density at radius 3 is 3.08 bits per heavy atom. The van der Waals surface area contributed by atoms with E-state index in [-0.39, 0.29) is 5.82 Å². The molecular weight excluding hydrogens is 311 g/mol. The van der Waals surface area contributed by atoms with Crippen LogP contribution in [0.1, 0.15) is 30.1 Å². The van der Waals surface area contributed by atoms with Crippen LogP contribution in [0.4, 0.5) is 4.39 Å². The van der Waals surface area contributed by atoms with Crippen molar-refractivity contribution in [3.63, 3.8) is 0 Å². The number of nitrogens with one attached hydrogen (secondary N) is 1. The molecule has 1 N–H and O–H groups in total. The molecule has 0 spiro atoms. The molecule has 130 valence electrons. The SMILES string of the molecule is COc1ccc(F)cc1CN[C@@H]1CCCN(Cc2noc(C)n2)C1. The van der Waals surface area contributed by atoms with Gasteiger partial charge in [0, 0.05) is 31.6 Å². The molecule has 1 aliphatic heterocycles. The van der Waals surface area contributed by atoms with Crippen molar-refractivity contribution < 1.29 is 13.7 Å². The van der Waals surface area contributed by atoms with Gasteiger partial charge in [-0.2, -0.15) is 4.98 Å². The summed E-state index contributed by atoms with van der Waals surface area (Å²) >= 11 is 0. The van der Waals surface area contributed by atoms with Gasteiger partial charge in [0.25, 0.3) is 0 Å². The summed E-state index contributed by atoms with van der Waals surface area (Å²) in [4.78, 5) is 6.57. The number of nitrogens with zero attached hydrogens (tertiary/aromatic N) is 3. The van der Waals surface area contributed by atoms with Crippen molar-refractivity contribution in [3.05, 3.63) is 41.3 Å². The molecule has 3 rings (SSSR count). The summed E-state index contributed by atoms with van der Waals surface area (Å²) in [6.07, 6.45) is 2.20. The number of aromatic nitrogens is 2. The Hall–Kier alpha value is -1.99. The number of ether oxygens (including phenoxy) is 1. The average Bonchev–Trinajstić information content (AvgIpc) is 2.98. The number of halogens is 1. The minimum Gasteiger partial charge on any atom is -0.496 e. The molecular formula is C17H23FN4O2. The van der Waals surface area contributed by atoms with Crippen LogP contribution in [0, 0.1) is 12.7 Å². The molecule has 2 aromatic rings. The van der Waals surface area contributed by atoms with E-state index in [9.17, 15) is 4.39 Å². The Bertz CT molecular complexity index is 676. The maximum Gasteiger partial charge on any atom is 0.223 e. The molecule has 1 atom stereocenters. The molecule has 1 fully saturated rings. The van der Waals surface area contributed by atoms with Crippen molar-refractivity contribution in [3.8, 4) is 5.75 Å². The Morgan fingerprint density at radius 2 is 2.33 bits per heavy atom. The van der Waals surface area contributed by atoms with Crippen LogP contribution in [0.15, 0.2) is 22.7 Å². The molecule has 0 bridgehead atoms. The van der Waals surface area contributed by atoms with Gasteiger partial charge in [0.1, 0.15) is 11.6 Å². The van der Waals surface area contributed by atoms with E-state index in [4.69, 9.17) is 9.26 Å². The van der Waals surface area contributed by atoms with Crippen LogP contribution < -0.4 is 10.1 Å². The Labute approximate surface area is 141 Å². The van der Waals surface area contributed by atoms with E-state index < -0.39 is 0 Å². The van der Waals surface area contributed by atoms with Gasteiger partial charge < -0.3 is 14.6 Å². The molecule has 1 aromatic carbocycles. The third-order valence-corrected chi connectivity index (χ3v) is 4.26. The average molecular weight is 334 g/mol. The zero-order valence-corrected chi connectivity index (χ0v) is 14.1. The number of hydrogen-bond donors (Lipinski definition) is 1. The van der Waals surface area contributed by atoms with E-state index in [1.165, 1.54) is 12.1 Å². The number of rotatable bonds is 6. The predicted molar refractivity (Wildman–Crippen MR) is 87.1 cm³/mol. The van der Waals surface area contributed by atoms with Crippen molar-refractivity contribution >= 4 is 0 Å². The van der Waals surface area contributed by atoms with E-state index in [0.29, 0.717) is 30.8 Å². The topological polar surface area (TPSA) is 63.4 Å². The van der Waals surface area contributed by atoms with Crippen molar-refractivity contribution in [2.75, 3.05) is 20.2 Å². The summed E-state index contributed by atoms with van der Waals surface area (Å²) in [6.45, 7) is 5.00. The van der Waals surface area contributed by atoms with E-state index in [1.807, 2.05) is 0 Å². The van der Waals surface area contributed by atoms with Gasteiger partial charge in [0.2, 0.25) is 5.89 Å². The number of likely N-dealkylation sites (tertiary alicyclic amines) is 1. The number of benzene rings is 1. The van der Waals surface area contributed by atoms with Gasteiger partial charge >= 0.3 is 0 Å². The summed E-state index contributed by atoms with van der Waals surface area (Å²) in [5.74, 6) is 1.78. The molecule has 1 saturated heterocycles. The highest BCUT2D eigenvalue weighted by Crippen LogP contribution is 2.20. The Kier molecular flexibility index (Phi) is 5.42. The van der Waals surface area contributed by atoms with Crippen LogP contribution in [0.3, 0.4) is 0 Å². The van der Waals surface area contributed by atoms with Crippen molar-refractivity contribution in [2.24, 2.45) is 0 Å². The molecule has 24 heavy (non-hydrogen) atoms. The maximum atomic E-state index is 13.4. The molecule has 0 radical (unpaired) electrons. The third kappa shape index (κ3) is 4.30. The van der Waals surface area contributed by atoms with Gasteiger partial charge in [0.15, 0.2) is 5.82 Å². The molecule has 0 unspecified atom stereocenters. The smallest absolute Gasteiger partial charge is 0.223 e. The normalized spacial score (nSPS) is 18.7. The summed E-state index contributed by atoms with van der Waals surface area (Å²) in [5.41, 5.74) is 0.836. The maximum absolute atomic E-state index is 13.4. The van der Waals surface area contributed by atoms with Gasteiger partial charge in [-0.05, 0) is 37.6 Å². The number of aryl methyl sites for hydroxylation is 1. The van der Waals surface area contributed by atoms with Gasteiger partial charge in [-0.15, -0.1) is 0 Å². The lowest BCUT2D eigenvalue weighted by Gasteiger charge is -2.32. The molecule has 0 amide bonds. The first-order valence-electron chi connectivity index (χ1n) is 8.21. The number of piperidine rings is 1. The molecule has 1 aromatic heterocycles. The molecule has 1 aliphatic rings. The summed E-state index contributed by atoms with van der Waals surface area (Å²) < 4.78 is 23.8. The third-order valence-electron chi connectivity index (χ3n) is 4.26. The monoisotopic (exact) mass is 334 g/mol. The first kappa shape index (κ1) is 16.9. The van der Waals surface area contributed by atoms with Crippen LogP contribution in [0.5, 0.6) is 5.75 Å². The van der Waals surface area contributed by atoms with E-state index in [1.54, 1.807) is 20.1 Å². The lowest BCUT2D eigenvalue weighted by Crippen LogP contribution is -2.45. The van der Waals surface area contributed by atoms with Crippen LogP contribution in [0.25, 0.3) is 0 Å². The fourth-order valence-corrected chi connectivity index (χ4v) is 3.11. The lowest BCUT2D eigenvalue weighted by atomic mass is 10.0. The molecule has 7 heteroatoms. The van der Waals surface area contributed by atoms with E-state index >= 15 is 0 Å². The highest BCUT2D eigenvalue weighted by Gasteiger charge is 2.21. The van der Waals surface area contributed by atoms with E-state index in [2.05, 4.69) is 20.4 Å². The van der Waals surface area contributed by atoms with Crippen LogP contribution >= 0.6 is 0 Å². The van der Waals surface area contributed by atoms with Gasteiger partial charge in [-0.1, -0.05) is 5.16 Å². The van der Waals surface area contributed by atoms with Crippen molar-refractivity contribution in [1.29, 1.82) is 0 Å². The minimum atomic E-state index is -0.245. The lowest BCUT2D eigenvalue weighted by molar-refractivity contribution is 0.177. The second kappa shape index (κ2) is 7.72. The Morgan fingerprint density at radius 1 is 1.46 bits per heavy atom. The first-order chi connectivity index (χ1) is 11.6. The number of hydrogen-bond acceptors (Lipinski definition) is 6. The summed E-state index contributed by atoms with van der Waals surface area (Å²) in [7, 11) is 1.60. The zero-order valence-electron chi connectivity index (χ0n) is 14.1. The fraction of sp³-hybridized carbons (Fsp3) is 0.529. The highest BCUT2D eigenvalue weighted by molar-refractivity contribution is 5.33. The van der Waals surface area contributed by atoms with Crippen LogP contribution in [0.2, 0.25) is 0 Å². The zero-order chi connectivity index (χ0) is 16.9. The minimum absolute atomic E-state index is 0.245. The Balaban J connectivity index is 1.55. The van der Waals surface area contributed by atoms with Gasteiger partial charge in [0.05, 0.1) is 13.7 Å². The largest absolute Gasteiger partial charge is 0.496 e. The summed E-state index contributed by atoms with van der Waals surface area (Å²) in [5, 5.41) is 7.46. The van der Waals surface area contributed by atoms with Crippen LogP contribution in [-0.2, 0) is 13.1 Å². The molecule has 2 heterocycles. The second-order valence-electron chi connectivity index (χ2n) is 6.14. The fourth-order valence-electron chi connectivity index (χ4n) is 3.11. The van der Waals surface area contributed by atoms with Crippen molar-refractivity contribution in [2.45, 2.75) is 38.9 Å². The van der Waals surface area contributed by atoms with Crippen LogP contribution in [-0.4, -0.2) is 41.3 Å². The predicted octanol–water partition coefficient (Wildman–Crippen LogP) is 2.28. The number of methoxy groups -OCH3 is 1. The molecule has 0 saturated carbocycles. The quantitative estimate of drug-likeness (QED) is 0.874. The standard InChI is InChI=1S/C17H23FN4O2/c1-12-20-17(21-24-12)11-22-7-3-4-15(10-22)19-9-13-8-14(18)5-6-16(13)23-2/h5-6,8,15,19H,3-4,7,9-11H2,1-2H3/t15-/m1/s1.